The number of nitrogens with zero attached hydrogens (tertiary/aromatic N) is 4. The fourth-order valence-corrected chi connectivity index (χ4v) is 3.76. The second kappa shape index (κ2) is 11.7. The second-order valence-corrected chi connectivity index (χ2v) is 10.5. The lowest BCUT2D eigenvalue weighted by molar-refractivity contribution is -0.0429. The number of anilines is 1. The number of esters is 1. The first-order valence-electron chi connectivity index (χ1n) is 10.5. The highest BCUT2D eigenvalue weighted by Crippen LogP contribution is 2.35. The molecule has 0 aliphatic rings. The third-order valence-electron chi connectivity index (χ3n) is 4.56. The van der Waals surface area contributed by atoms with Gasteiger partial charge in [-0.3, -0.25) is 4.72 Å². The predicted molar refractivity (Wildman–Crippen MR) is 122 cm³/mol. The Hall–Kier alpha value is -2.61. The first-order valence-corrected chi connectivity index (χ1v) is 12.8. The van der Waals surface area contributed by atoms with E-state index in [0.29, 0.717) is 24.3 Å². The summed E-state index contributed by atoms with van der Waals surface area (Å²) < 4.78 is 68.7. The SMILES string of the molecule is CCCCOC(=O)c1nnc(N=Nc2cc(CCC(C)C)c(C)cc2NS(=O)(=O)C(F)(F)F)s1. The minimum atomic E-state index is -5.67. The molecule has 0 aliphatic heterocycles. The van der Waals surface area contributed by atoms with Crippen molar-refractivity contribution < 1.29 is 31.1 Å². The van der Waals surface area contributed by atoms with E-state index in [2.05, 4.69) is 20.4 Å². The van der Waals surface area contributed by atoms with Gasteiger partial charge in [-0.15, -0.1) is 20.4 Å². The lowest BCUT2D eigenvalue weighted by atomic mass is 9.98. The summed E-state index contributed by atoms with van der Waals surface area (Å²) in [7, 11) is -5.67. The third-order valence-corrected chi connectivity index (χ3v) is 6.44. The van der Waals surface area contributed by atoms with Crippen LogP contribution in [0.1, 0.15) is 61.0 Å². The molecule has 0 saturated heterocycles. The molecule has 34 heavy (non-hydrogen) atoms. The number of ether oxygens (including phenoxy) is 1. The minimum Gasteiger partial charge on any atom is -0.460 e. The smallest absolute Gasteiger partial charge is 0.460 e. The highest BCUT2D eigenvalue weighted by atomic mass is 32.2. The molecule has 0 atom stereocenters. The number of benzene rings is 1. The molecule has 0 fully saturated rings. The van der Waals surface area contributed by atoms with Crippen LogP contribution in [0.2, 0.25) is 0 Å². The summed E-state index contributed by atoms with van der Waals surface area (Å²) in [5.74, 6) is -0.290. The zero-order valence-corrected chi connectivity index (χ0v) is 20.8. The molecule has 0 aliphatic carbocycles. The van der Waals surface area contributed by atoms with E-state index in [0.717, 1.165) is 29.7 Å². The van der Waals surface area contributed by atoms with Gasteiger partial charge in [0, 0.05) is 0 Å². The highest BCUT2D eigenvalue weighted by molar-refractivity contribution is 7.93. The normalized spacial score (nSPS) is 12.5. The Bertz CT molecular complexity index is 1130. The van der Waals surface area contributed by atoms with Gasteiger partial charge in [-0.1, -0.05) is 38.5 Å². The Morgan fingerprint density at radius 2 is 1.94 bits per heavy atom. The predicted octanol–water partition coefficient (Wildman–Crippen LogP) is 6.07. The first-order chi connectivity index (χ1) is 15.8. The van der Waals surface area contributed by atoms with Gasteiger partial charge in [-0.05, 0) is 55.4 Å². The second-order valence-electron chi connectivity index (χ2n) is 7.86. The molecule has 1 N–H and O–H groups in total. The Morgan fingerprint density at radius 1 is 1.24 bits per heavy atom. The largest absolute Gasteiger partial charge is 0.516 e. The molecule has 2 aromatic rings. The van der Waals surface area contributed by atoms with Gasteiger partial charge in [0.1, 0.15) is 5.69 Å². The van der Waals surface area contributed by atoms with Crippen molar-refractivity contribution in [2.75, 3.05) is 11.3 Å². The quantitative estimate of drug-likeness (QED) is 0.218. The van der Waals surface area contributed by atoms with Gasteiger partial charge >= 0.3 is 21.5 Å². The fourth-order valence-electron chi connectivity index (χ4n) is 2.63. The van der Waals surface area contributed by atoms with Gasteiger partial charge in [0.05, 0.1) is 12.3 Å². The zero-order valence-electron chi connectivity index (χ0n) is 19.1. The van der Waals surface area contributed by atoms with Gasteiger partial charge in [0.2, 0.25) is 5.01 Å². The van der Waals surface area contributed by atoms with Crippen molar-refractivity contribution in [2.45, 2.75) is 58.9 Å². The summed E-state index contributed by atoms with van der Waals surface area (Å²) in [6.45, 7) is 7.91. The molecule has 0 saturated carbocycles. The molecule has 188 valence electrons. The number of alkyl halides is 3. The Labute approximate surface area is 199 Å². The molecule has 2 rings (SSSR count). The number of sulfonamides is 1. The maximum Gasteiger partial charge on any atom is 0.516 e. The van der Waals surface area contributed by atoms with Gasteiger partial charge in [0.25, 0.3) is 5.13 Å². The van der Waals surface area contributed by atoms with Crippen LogP contribution in [0.5, 0.6) is 0 Å². The molecule has 0 radical (unpaired) electrons. The number of hydrogen-bond donors (Lipinski definition) is 1. The molecule has 0 amide bonds. The Morgan fingerprint density at radius 3 is 2.56 bits per heavy atom. The van der Waals surface area contributed by atoms with Crippen LogP contribution in [-0.2, 0) is 21.2 Å². The summed E-state index contributed by atoms with van der Waals surface area (Å²) in [6.07, 6.45) is 2.97. The van der Waals surface area contributed by atoms with Gasteiger partial charge < -0.3 is 4.74 Å². The summed E-state index contributed by atoms with van der Waals surface area (Å²) in [5.41, 5.74) is -4.62. The lowest BCUT2D eigenvalue weighted by Gasteiger charge is -2.15. The molecule has 0 bridgehead atoms. The van der Waals surface area contributed by atoms with E-state index in [1.807, 2.05) is 20.8 Å². The van der Waals surface area contributed by atoms with Gasteiger partial charge in [-0.25, -0.2) is 4.79 Å². The maximum atomic E-state index is 12.9. The molecule has 9 nitrogen and oxygen atoms in total. The van der Waals surface area contributed by atoms with Crippen LogP contribution >= 0.6 is 11.3 Å². The molecule has 14 heteroatoms. The number of carbonyl (C=O) groups is 1. The summed E-state index contributed by atoms with van der Waals surface area (Å²) in [5, 5.41) is 15.0. The molecule has 1 aromatic heterocycles. The van der Waals surface area contributed by atoms with Crippen molar-refractivity contribution >= 4 is 43.8 Å². The topological polar surface area (TPSA) is 123 Å². The van der Waals surface area contributed by atoms with Crippen molar-refractivity contribution in [3.05, 3.63) is 28.3 Å². The fraction of sp³-hybridized carbons (Fsp3) is 0.550. The van der Waals surface area contributed by atoms with Gasteiger partial charge in [0.15, 0.2) is 0 Å². The number of aromatic nitrogens is 2. The summed E-state index contributed by atoms with van der Waals surface area (Å²) in [4.78, 5) is 12.0. The van der Waals surface area contributed by atoms with Crippen LogP contribution in [0.25, 0.3) is 0 Å². The Kier molecular flexibility index (Phi) is 9.50. The van der Waals surface area contributed by atoms with Gasteiger partial charge in [-0.2, -0.15) is 21.6 Å². The number of azo groups is 1. The van der Waals surface area contributed by atoms with Crippen molar-refractivity contribution in [2.24, 2.45) is 16.1 Å². The van der Waals surface area contributed by atoms with E-state index in [9.17, 15) is 26.4 Å². The first kappa shape index (κ1) is 27.6. The van der Waals surface area contributed by atoms with Crippen molar-refractivity contribution in [3.63, 3.8) is 0 Å². The van der Waals surface area contributed by atoms with Crippen LogP contribution in [0.3, 0.4) is 0 Å². The third kappa shape index (κ3) is 7.72. The summed E-state index contributed by atoms with van der Waals surface area (Å²) in [6, 6.07) is 2.76. The zero-order chi connectivity index (χ0) is 25.5. The average Bonchev–Trinajstić information content (AvgIpc) is 3.20. The van der Waals surface area contributed by atoms with Crippen LogP contribution in [0, 0.1) is 12.8 Å². The van der Waals surface area contributed by atoms with E-state index >= 15 is 0 Å². The van der Waals surface area contributed by atoms with E-state index < -0.39 is 21.5 Å². The number of halogens is 3. The minimum absolute atomic E-state index is 0.0450. The number of hydrogen-bond acceptors (Lipinski definition) is 9. The molecule has 1 heterocycles. The Balaban J connectivity index is 2.36. The molecule has 0 unspecified atom stereocenters. The average molecular weight is 522 g/mol. The lowest BCUT2D eigenvalue weighted by Crippen LogP contribution is -2.30. The van der Waals surface area contributed by atoms with E-state index in [4.69, 9.17) is 4.74 Å². The van der Waals surface area contributed by atoms with Crippen molar-refractivity contribution in [1.29, 1.82) is 0 Å². The highest BCUT2D eigenvalue weighted by Gasteiger charge is 2.46. The number of carbonyl (C=O) groups excluding carboxylic acids is 1. The van der Waals surface area contributed by atoms with Crippen molar-refractivity contribution in [1.82, 2.24) is 10.2 Å². The standard InChI is InChI=1S/C20H26F3N5O4S2/c1-5-6-9-32-18(29)17-25-27-19(33-17)26-24-15-11-14(8-7-12(2)3)13(4)10-16(15)28-34(30,31)20(21,22)23/h10-12,28H,5-9H2,1-4H3. The molecular weight excluding hydrogens is 495 g/mol. The van der Waals surface area contributed by atoms with E-state index in [1.54, 1.807) is 6.92 Å². The van der Waals surface area contributed by atoms with Crippen LogP contribution in [0.4, 0.5) is 29.7 Å². The maximum absolute atomic E-state index is 12.9. The van der Waals surface area contributed by atoms with E-state index in [1.165, 1.54) is 16.9 Å². The molecular formula is C20H26F3N5O4S2. The number of unbranched alkanes of at least 4 members (excludes halogenated alkanes) is 1. The monoisotopic (exact) mass is 521 g/mol. The number of rotatable bonds is 11. The van der Waals surface area contributed by atoms with Crippen LogP contribution in [0.15, 0.2) is 22.4 Å². The van der Waals surface area contributed by atoms with E-state index in [-0.39, 0.29) is 28.1 Å². The van der Waals surface area contributed by atoms with Crippen molar-refractivity contribution in [3.8, 4) is 0 Å². The number of aryl methyl sites for hydroxylation is 2. The van der Waals surface area contributed by atoms with Crippen LogP contribution in [-0.4, -0.2) is 36.7 Å². The summed E-state index contributed by atoms with van der Waals surface area (Å²) >= 11 is 0.787. The molecule has 1 aromatic carbocycles. The van der Waals surface area contributed by atoms with Crippen LogP contribution < -0.4 is 4.72 Å². The molecule has 0 spiro atoms. The number of nitrogens with one attached hydrogen (secondary N) is 1.